The minimum absolute atomic E-state index is 0.0765. The minimum Gasteiger partial charge on any atom is -0.326 e. The van der Waals surface area contributed by atoms with Gasteiger partial charge in [-0.25, -0.2) is 8.42 Å². The fraction of sp³-hybridized carbons (Fsp3) is 0.538. The standard InChI is InChI=1S/C13H19ClN2O2S/c1-2-3-10-4-5-12(14)13(8-10)19(17,18)16-7-6-11(15)9-16/h4-5,8,11H,2-3,6-7,9,15H2,1H3/t11-/m1/s1. The molecule has 6 heteroatoms. The Balaban J connectivity index is 2.36. The summed E-state index contributed by atoms with van der Waals surface area (Å²) in [4.78, 5) is 0.203. The third kappa shape index (κ3) is 3.11. The second kappa shape index (κ2) is 5.79. The first-order valence-corrected chi connectivity index (χ1v) is 8.31. The largest absolute Gasteiger partial charge is 0.326 e. The lowest BCUT2D eigenvalue weighted by Crippen LogP contribution is -2.32. The summed E-state index contributed by atoms with van der Waals surface area (Å²) in [6, 6.07) is 5.15. The number of hydrogen-bond donors (Lipinski definition) is 1. The molecule has 1 aliphatic heterocycles. The quantitative estimate of drug-likeness (QED) is 0.925. The minimum atomic E-state index is -3.52. The molecule has 0 aliphatic carbocycles. The van der Waals surface area contributed by atoms with E-state index in [4.69, 9.17) is 17.3 Å². The summed E-state index contributed by atoms with van der Waals surface area (Å²) in [5, 5.41) is 0.278. The molecule has 0 bridgehead atoms. The van der Waals surface area contributed by atoms with Gasteiger partial charge in [0.2, 0.25) is 10.0 Å². The molecule has 2 rings (SSSR count). The van der Waals surface area contributed by atoms with Gasteiger partial charge in [0.25, 0.3) is 0 Å². The van der Waals surface area contributed by atoms with Crippen molar-refractivity contribution in [3.63, 3.8) is 0 Å². The van der Waals surface area contributed by atoms with Crippen LogP contribution in [0.15, 0.2) is 23.1 Å². The molecule has 0 saturated carbocycles. The van der Waals surface area contributed by atoms with Crippen molar-refractivity contribution in [3.05, 3.63) is 28.8 Å². The molecule has 1 atom stereocenters. The number of nitrogens with zero attached hydrogens (tertiary/aromatic N) is 1. The van der Waals surface area contributed by atoms with Crippen LogP contribution in [0, 0.1) is 0 Å². The summed E-state index contributed by atoms with van der Waals surface area (Å²) in [6.07, 6.45) is 2.51. The Bertz CT molecular complexity index is 560. The molecule has 1 aliphatic rings. The number of benzene rings is 1. The van der Waals surface area contributed by atoms with Gasteiger partial charge < -0.3 is 5.73 Å². The number of hydrogen-bond acceptors (Lipinski definition) is 3. The first-order valence-electron chi connectivity index (χ1n) is 6.49. The van der Waals surface area contributed by atoms with Crippen molar-refractivity contribution in [2.75, 3.05) is 13.1 Å². The molecule has 1 aromatic rings. The van der Waals surface area contributed by atoms with Crippen LogP contribution in [0.4, 0.5) is 0 Å². The van der Waals surface area contributed by atoms with E-state index in [-0.39, 0.29) is 16.0 Å². The van der Waals surface area contributed by atoms with Gasteiger partial charge >= 0.3 is 0 Å². The number of rotatable bonds is 4. The van der Waals surface area contributed by atoms with Gasteiger partial charge in [-0.15, -0.1) is 0 Å². The molecule has 0 radical (unpaired) electrons. The molecule has 2 N–H and O–H groups in total. The lowest BCUT2D eigenvalue weighted by Gasteiger charge is -2.17. The van der Waals surface area contributed by atoms with Crippen molar-refractivity contribution < 1.29 is 8.42 Å². The first kappa shape index (κ1) is 14.8. The van der Waals surface area contributed by atoms with Gasteiger partial charge in [-0.2, -0.15) is 4.31 Å². The Morgan fingerprint density at radius 1 is 1.47 bits per heavy atom. The first-order chi connectivity index (χ1) is 8.95. The molecule has 0 amide bonds. The molecule has 106 valence electrons. The monoisotopic (exact) mass is 302 g/mol. The number of aryl methyl sites for hydroxylation is 1. The Morgan fingerprint density at radius 3 is 2.79 bits per heavy atom. The van der Waals surface area contributed by atoms with Gasteiger partial charge in [0.15, 0.2) is 0 Å². The zero-order valence-corrected chi connectivity index (χ0v) is 12.5. The highest BCUT2D eigenvalue weighted by Crippen LogP contribution is 2.28. The molecule has 0 aromatic heterocycles. The second-order valence-electron chi connectivity index (χ2n) is 4.93. The van der Waals surface area contributed by atoms with Gasteiger partial charge in [0, 0.05) is 19.1 Å². The normalized spacial score (nSPS) is 20.9. The Labute approximate surface area is 119 Å². The van der Waals surface area contributed by atoms with Crippen LogP contribution in [0.2, 0.25) is 5.02 Å². The van der Waals surface area contributed by atoms with Gasteiger partial charge in [0.1, 0.15) is 4.90 Å². The Morgan fingerprint density at radius 2 is 2.21 bits per heavy atom. The highest BCUT2D eigenvalue weighted by Gasteiger charge is 2.32. The third-order valence-electron chi connectivity index (χ3n) is 3.34. The molecule has 1 aromatic carbocycles. The van der Waals surface area contributed by atoms with E-state index in [1.54, 1.807) is 12.1 Å². The van der Waals surface area contributed by atoms with Crippen LogP contribution < -0.4 is 5.73 Å². The van der Waals surface area contributed by atoms with Crippen LogP contribution in [-0.2, 0) is 16.4 Å². The predicted molar refractivity (Wildman–Crippen MR) is 76.8 cm³/mol. The average Bonchev–Trinajstić information content (AvgIpc) is 2.79. The molecular weight excluding hydrogens is 284 g/mol. The van der Waals surface area contributed by atoms with E-state index in [9.17, 15) is 8.42 Å². The maximum Gasteiger partial charge on any atom is 0.244 e. The Hall–Kier alpha value is -0.620. The van der Waals surface area contributed by atoms with E-state index in [2.05, 4.69) is 6.92 Å². The predicted octanol–water partition coefficient (Wildman–Crippen LogP) is 2.01. The van der Waals surface area contributed by atoms with Crippen LogP contribution in [0.25, 0.3) is 0 Å². The number of nitrogens with two attached hydrogens (primary N) is 1. The smallest absolute Gasteiger partial charge is 0.244 e. The van der Waals surface area contributed by atoms with E-state index in [1.165, 1.54) is 4.31 Å². The number of sulfonamides is 1. The van der Waals surface area contributed by atoms with Crippen LogP contribution >= 0.6 is 11.6 Å². The van der Waals surface area contributed by atoms with Crippen molar-refractivity contribution in [1.29, 1.82) is 0 Å². The zero-order chi connectivity index (χ0) is 14.0. The topological polar surface area (TPSA) is 63.4 Å². The second-order valence-corrected chi connectivity index (χ2v) is 7.24. The van der Waals surface area contributed by atoms with Gasteiger partial charge in [0.05, 0.1) is 5.02 Å². The lowest BCUT2D eigenvalue weighted by molar-refractivity contribution is 0.472. The Kier molecular flexibility index (Phi) is 4.50. The maximum absolute atomic E-state index is 12.5. The van der Waals surface area contributed by atoms with Crippen molar-refractivity contribution in [2.45, 2.75) is 37.1 Å². The molecule has 4 nitrogen and oxygen atoms in total. The van der Waals surface area contributed by atoms with Gasteiger partial charge in [-0.05, 0) is 30.5 Å². The molecule has 0 spiro atoms. The molecule has 19 heavy (non-hydrogen) atoms. The zero-order valence-electron chi connectivity index (χ0n) is 11.0. The highest BCUT2D eigenvalue weighted by molar-refractivity contribution is 7.89. The summed E-state index contributed by atoms with van der Waals surface area (Å²) in [7, 11) is -3.52. The molecule has 1 heterocycles. The van der Waals surface area contributed by atoms with Crippen LogP contribution in [0.5, 0.6) is 0 Å². The maximum atomic E-state index is 12.5. The van der Waals surface area contributed by atoms with Crippen LogP contribution in [0.1, 0.15) is 25.3 Å². The van der Waals surface area contributed by atoms with Gasteiger partial charge in [-0.1, -0.05) is 31.0 Å². The summed E-state index contributed by atoms with van der Waals surface area (Å²) in [5.74, 6) is 0. The van der Waals surface area contributed by atoms with E-state index >= 15 is 0 Å². The van der Waals surface area contributed by atoms with Crippen LogP contribution in [-0.4, -0.2) is 31.9 Å². The fourth-order valence-electron chi connectivity index (χ4n) is 2.30. The van der Waals surface area contributed by atoms with Crippen molar-refractivity contribution in [2.24, 2.45) is 5.73 Å². The van der Waals surface area contributed by atoms with E-state index in [0.717, 1.165) is 18.4 Å². The molecule has 0 unspecified atom stereocenters. The van der Waals surface area contributed by atoms with Gasteiger partial charge in [-0.3, -0.25) is 0 Å². The molecular formula is C13H19ClN2O2S. The lowest BCUT2D eigenvalue weighted by atomic mass is 10.1. The summed E-state index contributed by atoms with van der Waals surface area (Å²) in [6.45, 7) is 2.90. The average molecular weight is 303 g/mol. The van der Waals surface area contributed by atoms with Crippen LogP contribution in [0.3, 0.4) is 0 Å². The molecule has 1 saturated heterocycles. The fourth-order valence-corrected chi connectivity index (χ4v) is 4.34. The molecule has 1 fully saturated rings. The third-order valence-corrected chi connectivity index (χ3v) is 5.69. The number of halogens is 1. The SMILES string of the molecule is CCCc1ccc(Cl)c(S(=O)(=O)N2CC[C@@H](N)C2)c1. The van der Waals surface area contributed by atoms with E-state index in [0.29, 0.717) is 19.5 Å². The summed E-state index contributed by atoms with van der Waals surface area (Å²) < 4.78 is 26.5. The van der Waals surface area contributed by atoms with Crippen molar-refractivity contribution in [3.8, 4) is 0 Å². The summed E-state index contributed by atoms with van der Waals surface area (Å²) in [5.41, 5.74) is 6.77. The van der Waals surface area contributed by atoms with Crippen molar-refractivity contribution >= 4 is 21.6 Å². The van der Waals surface area contributed by atoms with E-state index in [1.807, 2.05) is 6.07 Å². The highest BCUT2D eigenvalue weighted by atomic mass is 35.5. The summed E-state index contributed by atoms with van der Waals surface area (Å²) >= 11 is 6.06. The van der Waals surface area contributed by atoms with E-state index < -0.39 is 10.0 Å². The van der Waals surface area contributed by atoms with Crippen molar-refractivity contribution in [1.82, 2.24) is 4.31 Å².